The number of carbonyl (C=O) groups is 1. The number of hydrogen-bond acceptors (Lipinski definition) is 5. The van der Waals surface area contributed by atoms with E-state index in [0.717, 1.165) is 5.03 Å². The molecule has 0 aliphatic carbocycles. The molecule has 0 saturated carbocycles. The van der Waals surface area contributed by atoms with Crippen LogP contribution in [0.1, 0.15) is 10.4 Å². The Hall–Kier alpha value is -2.55. The molecule has 1 aromatic heterocycles. The van der Waals surface area contributed by atoms with E-state index < -0.39 is 33.7 Å². The Morgan fingerprint density at radius 2 is 2.00 bits per heavy atom. The Labute approximate surface area is 127 Å². The number of halogens is 2. The van der Waals surface area contributed by atoms with Crippen LogP contribution in [0.4, 0.5) is 20.2 Å². The van der Waals surface area contributed by atoms with Crippen LogP contribution in [0.25, 0.3) is 0 Å². The Bertz CT molecular complexity index is 738. The van der Waals surface area contributed by atoms with Crippen molar-refractivity contribution in [3.05, 3.63) is 57.8 Å². The summed E-state index contributed by atoms with van der Waals surface area (Å²) < 4.78 is 26.3. The molecule has 0 bridgehead atoms. The number of carbonyl (C=O) groups excluding carboxylic acids is 1. The molecular formula is C13H9F2N3O3S. The summed E-state index contributed by atoms with van der Waals surface area (Å²) in [5.74, 6) is -3.66. The Balaban J connectivity index is 2.32. The smallest absolute Gasteiger partial charge is 0.285 e. The van der Waals surface area contributed by atoms with Gasteiger partial charge in [0, 0.05) is 0 Å². The van der Waals surface area contributed by atoms with Crippen molar-refractivity contribution in [3.8, 4) is 0 Å². The quantitative estimate of drug-likeness (QED) is 0.530. The van der Waals surface area contributed by atoms with Gasteiger partial charge in [0.2, 0.25) is 0 Å². The Morgan fingerprint density at radius 1 is 1.32 bits per heavy atom. The third kappa shape index (κ3) is 3.37. The first kappa shape index (κ1) is 15.8. The minimum absolute atomic E-state index is 0.279. The standard InChI is InChI=1S/C13H9F2N3O3S/c1-22-12-3-2-7(6-16-12)17-13(19)8-4-9(14)10(15)5-11(8)18(20)21/h2-6H,1H3,(H,17,19). The van der Waals surface area contributed by atoms with Crippen LogP contribution in [-0.2, 0) is 0 Å². The Kier molecular flexibility index (Phi) is 4.66. The van der Waals surface area contributed by atoms with E-state index in [1.165, 1.54) is 18.0 Å². The van der Waals surface area contributed by atoms with E-state index in [0.29, 0.717) is 12.1 Å². The van der Waals surface area contributed by atoms with Gasteiger partial charge in [-0.15, -0.1) is 11.8 Å². The molecule has 1 N–H and O–H groups in total. The van der Waals surface area contributed by atoms with Crippen LogP contribution in [0.3, 0.4) is 0 Å². The van der Waals surface area contributed by atoms with Gasteiger partial charge in [0.25, 0.3) is 11.6 Å². The first-order chi connectivity index (χ1) is 10.4. The molecular weight excluding hydrogens is 316 g/mol. The van der Waals surface area contributed by atoms with E-state index in [1.807, 2.05) is 6.26 Å². The first-order valence-electron chi connectivity index (χ1n) is 5.87. The van der Waals surface area contributed by atoms with Gasteiger partial charge in [-0.2, -0.15) is 0 Å². The normalized spacial score (nSPS) is 10.3. The zero-order chi connectivity index (χ0) is 16.3. The fourth-order valence-corrected chi connectivity index (χ4v) is 2.00. The van der Waals surface area contributed by atoms with Crippen LogP contribution < -0.4 is 5.32 Å². The molecule has 0 saturated heterocycles. The van der Waals surface area contributed by atoms with E-state index in [1.54, 1.807) is 12.1 Å². The number of nitro groups is 1. The average Bonchev–Trinajstić information content (AvgIpc) is 2.50. The van der Waals surface area contributed by atoms with Crippen LogP contribution in [0.2, 0.25) is 0 Å². The van der Waals surface area contributed by atoms with E-state index in [2.05, 4.69) is 10.3 Å². The van der Waals surface area contributed by atoms with Crippen LogP contribution in [0, 0.1) is 21.7 Å². The second-order valence-electron chi connectivity index (χ2n) is 4.08. The molecule has 114 valence electrons. The van der Waals surface area contributed by atoms with Gasteiger partial charge in [-0.25, -0.2) is 13.8 Å². The maximum absolute atomic E-state index is 13.2. The molecule has 1 aromatic carbocycles. The molecule has 0 atom stereocenters. The summed E-state index contributed by atoms with van der Waals surface area (Å²) in [6.45, 7) is 0. The fourth-order valence-electron chi connectivity index (χ4n) is 1.64. The van der Waals surface area contributed by atoms with Crippen molar-refractivity contribution in [3.63, 3.8) is 0 Å². The summed E-state index contributed by atoms with van der Waals surface area (Å²) >= 11 is 1.40. The number of hydrogen-bond donors (Lipinski definition) is 1. The van der Waals surface area contributed by atoms with Crippen molar-refractivity contribution in [2.75, 3.05) is 11.6 Å². The van der Waals surface area contributed by atoms with Gasteiger partial charge < -0.3 is 5.32 Å². The highest BCUT2D eigenvalue weighted by molar-refractivity contribution is 7.98. The lowest BCUT2D eigenvalue weighted by molar-refractivity contribution is -0.385. The summed E-state index contributed by atoms with van der Waals surface area (Å²) in [5, 5.41) is 13.9. The zero-order valence-corrected chi connectivity index (χ0v) is 12.0. The van der Waals surface area contributed by atoms with Crippen LogP contribution in [0.5, 0.6) is 0 Å². The van der Waals surface area contributed by atoms with Gasteiger partial charge in [0.1, 0.15) is 5.56 Å². The maximum Gasteiger partial charge on any atom is 0.285 e. The summed E-state index contributed by atoms with van der Waals surface area (Å²) in [5.41, 5.74) is -1.11. The zero-order valence-electron chi connectivity index (χ0n) is 11.2. The number of thioether (sulfide) groups is 1. The molecule has 0 spiro atoms. The Morgan fingerprint density at radius 3 is 2.55 bits per heavy atom. The van der Waals surface area contributed by atoms with Gasteiger partial charge in [0.15, 0.2) is 11.6 Å². The summed E-state index contributed by atoms with van der Waals surface area (Å²) in [6.07, 6.45) is 3.18. The predicted octanol–water partition coefficient (Wildman–Crippen LogP) is 3.24. The first-order valence-corrected chi connectivity index (χ1v) is 7.09. The number of pyridine rings is 1. The van der Waals surface area contributed by atoms with Gasteiger partial charge in [-0.1, -0.05) is 0 Å². The number of nitrogens with zero attached hydrogens (tertiary/aromatic N) is 2. The molecule has 2 aromatic rings. The van der Waals surface area contributed by atoms with Crippen molar-refractivity contribution in [1.29, 1.82) is 0 Å². The monoisotopic (exact) mass is 325 g/mol. The second kappa shape index (κ2) is 6.48. The van der Waals surface area contributed by atoms with Crippen molar-refractivity contribution in [1.82, 2.24) is 4.98 Å². The lowest BCUT2D eigenvalue weighted by atomic mass is 10.1. The summed E-state index contributed by atoms with van der Waals surface area (Å²) in [7, 11) is 0. The molecule has 9 heteroatoms. The lowest BCUT2D eigenvalue weighted by Crippen LogP contribution is -2.15. The molecule has 0 radical (unpaired) electrons. The average molecular weight is 325 g/mol. The molecule has 1 amide bonds. The summed E-state index contributed by atoms with van der Waals surface area (Å²) in [4.78, 5) is 25.9. The molecule has 0 aliphatic heterocycles. The highest BCUT2D eigenvalue weighted by atomic mass is 32.2. The second-order valence-corrected chi connectivity index (χ2v) is 4.91. The third-order valence-electron chi connectivity index (χ3n) is 2.68. The van der Waals surface area contributed by atoms with Gasteiger partial charge in [0.05, 0.1) is 27.9 Å². The predicted molar refractivity (Wildman–Crippen MR) is 77.0 cm³/mol. The number of nitro benzene ring substituents is 1. The minimum Gasteiger partial charge on any atom is -0.320 e. The highest BCUT2D eigenvalue weighted by Gasteiger charge is 2.24. The molecule has 22 heavy (non-hydrogen) atoms. The van der Waals surface area contributed by atoms with E-state index in [4.69, 9.17) is 0 Å². The number of aromatic nitrogens is 1. The molecule has 1 heterocycles. The van der Waals surface area contributed by atoms with Crippen molar-refractivity contribution >= 4 is 29.0 Å². The number of amides is 1. The maximum atomic E-state index is 13.2. The van der Waals surface area contributed by atoms with E-state index in [-0.39, 0.29) is 5.69 Å². The molecule has 6 nitrogen and oxygen atoms in total. The van der Waals surface area contributed by atoms with E-state index in [9.17, 15) is 23.7 Å². The van der Waals surface area contributed by atoms with Crippen LogP contribution >= 0.6 is 11.8 Å². The number of benzene rings is 1. The van der Waals surface area contributed by atoms with Crippen LogP contribution in [-0.4, -0.2) is 22.1 Å². The lowest BCUT2D eigenvalue weighted by Gasteiger charge is -2.06. The molecule has 0 fully saturated rings. The van der Waals surface area contributed by atoms with Crippen molar-refractivity contribution < 1.29 is 18.5 Å². The van der Waals surface area contributed by atoms with Gasteiger partial charge in [-0.05, 0) is 24.5 Å². The SMILES string of the molecule is CSc1ccc(NC(=O)c2cc(F)c(F)cc2[N+](=O)[O-])cn1. The van der Waals surface area contributed by atoms with Gasteiger partial charge in [-0.3, -0.25) is 14.9 Å². The van der Waals surface area contributed by atoms with Crippen molar-refractivity contribution in [2.24, 2.45) is 0 Å². The highest BCUT2D eigenvalue weighted by Crippen LogP contribution is 2.23. The number of rotatable bonds is 4. The van der Waals surface area contributed by atoms with E-state index >= 15 is 0 Å². The van der Waals surface area contributed by atoms with Crippen molar-refractivity contribution in [2.45, 2.75) is 5.03 Å². The summed E-state index contributed by atoms with van der Waals surface area (Å²) in [6, 6.07) is 4.05. The third-order valence-corrected chi connectivity index (χ3v) is 3.34. The largest absolute Gasteiger partial charge is 0.320 e. The molecule has 0 aliphatic rings. The van der Waals surface area contributed by atoms with Crippen LogP contribution in [0.15, 0.2) is 35.5 Å². The number of anilines is 1. The molecule has 2 rings (SSSR count). The number of nitrogens with one attached hydrogen (secondary N) is 1. The van der Waals surface area contributed by atoms with Gasteiger partial charge >= 0.3 is 0 Å². The minimum atomic E-state index is -1.39. The molecule has 0 unspecified atom stereocenters. The fraction of sp³-hybridized carbons (Fsp3) is 0.0769. The topological polar surface area (TPSA) is 85.1 Å².